The molecule has 1 aromatic carbocycles. The van der Waals surface area contributed by atoms with Gasteiger partial charge in [-0.1, -0.05) is 32.3 Å². The van der Waals surface area contributed by atoms with Gasteiger partial charge in [0, 0.05) is 31.1 Å². The van der Waals surface area contributed by atoms with Crippen molar-refractivity contribution in [3.05, 3.63) is 29.3 Å². The van der Waals surface area contributed by atoms with Crippen LogP contribution in [0.15, 0.2) is 18.2 Å². The molecule has 1 aliphatic heterocycles. The first kappa shape index (κ1) is 21.4. The van der Waals surface area contributed by atoms with E-state index in [2.05, 4.69) is 36.9 Å². The Labute approximate surface area is 173 Å². The summed E-state index contributed by atoms with van der Waals surface area (Å²) in [4.78, 5) is 20.2. The summed E-state index contributed by atoms with van der Waals surface area (Å²) in [5.74, 6) is -0.124. The number of morpholine rings is 1. The molecule has 158 valence electrons. The summed E-state index contributed by atoms with van der Waals surface area (Å²) in [5, 5.41) is 10.4. The third-order valence-electron chi connectivity index (χ3n) is 5.61. The van der Waals surface area contributed by atoms with Crippen LogP contribution in [0.3, 0.4) is 0 Å². The predicted octanol–water partition coefficient (Wildman–Crippen LogP) is 4.02. The molecule has 1 N–H and O–H groups in total. The van der Waals surface area contributed by atoms with Gasteiger partial charge in [-0.05, 0) is 37.5 Å². The van der Waals surface area contributed by atoms with Gasteiger partial charge >= 0.3 is 5.97 Å². The molecule has 6 nitrogen and oxygen atoms in total. The van der Waals surface area contributed by atoms with Gasteiger partial charge in [0.2, 0.25) is 0 Å². The van der Waals surface area contributed by atoms with Gasteiger partial charge in [-0.15, -0.1) is 0 Å². The van der Waals surface area contributed by atoms with E-state index in [1.807, 2.05) is 0 Å². The number of aliphatic carboxylic acids is 1. The number of ether oxygens (including phenoxy) is 1. The number of benzene rings is 1. The number of anilines is 2. The topological polar surface area (TPSA) is 65.9 Å². The van der Waals surface area contributed by atoms with E-state index in [4.69, 9.17) is 9.72 Å². The first-order valence-electron chi connectivity index (χ1n) is 10.7. The van der Waals surface area contributed by atoms with Crippen LogP contribution in [-0.4, -0.2) is 56.0 Å². The number of pyridine rings is 1. The lowest BCUT2D eigenvalue weighted by molar-refractivity contribution is -0.135. The smallest absolute Gasteiger partial charge is 0.323 e. The van der Waals surface area contributed by atoms with Crippen molar-refractivity contribution in [2.45, 2.75) is 46.0 Å². The van der Waals surface area contributed by atoms with Crippen LogP contribution in [0, 0.1) is 6.92 Å². The number of rotatable bonds is 9. The predicted molar refractivity (Wildman–Crippen MR) is 118 cm³/mol. The maximum Gasteiger partial charge on any atom is 0.323 e. The highest BCUT2D eigenvalue weighted by Gasteiger charge is 2.22. The number of carbonyl (C=O) groups is 1. The Morgan fingerprint density at radius 1 is 1.24 bits per heavy atom. The highest BCUT2D eigenvalue weighted by molar-refractivity contribution is 5.96. The fraction of sp³-hybridized carbons (Fsp3) is 0.565. The van der Waals surface area contributed by atoms with Crippen molar-refractivity contribution in [3.8, 4) is 0 Å². The first-order valence-corrected chi connectivity index (χ1v) is 10.7. The number of carboxylic acid groups (broad SMARTS) is 1. The summed E-state index contributed by atoms with van der Waals surface area (Å²) in [6.07, 6.45) is 6.08. The van der Waals surface area contributed by atoms with Gasteiger partial charge in [0.25, 0.3) is 0 Å². The van der Waals surface area contributed by atoms with Crippen LogP contribution in [0.1, 0.15) is 43.7 Å². The van der Waals surface area contributed by atoms with E-state index in [9.17, 15) is 9.90 Å². The van der Waals surface area contributed by atoms with Gasteiger partial charge in [0.05, 0.1) is 24.4 Å². The molecule has 1 aliphatic rings. The second-order valence-electron chi connectivity index (χ2n) is 7.92. The van der Waals surface area contributed by atoms with Gasteiger partial charge in [0.1, 0.15) is 12.4 Å². The number of aromatic nitrogens is 1. The zero-order valence-electron chi connectivity index (χ0n) is 17.9. The minimum Gasteiger partial charge on any atom is -0.480 e. The lowest BCUT2D eigenvalue weighted by Crippen LogP contribution is -2.37. The molecule has 1 saturated heterocycles. The monoisotopic (exact) mass is 399 g/mol. The molecular weight excluding hydrogens is 366 g/mol. The molecule has 0 aliphatic carbocycles. The van der Waals surface area contributed by atoms with Gasteiger partial charge in [-0.3, -0.25) is 4.79 Å². The van der Waals surface area contributed by atoms with E-state index in [1.165, 1.54) is 36.9 Å². The van der Waals surface area contributed by atoms with E-state index < -0.39 is 5.97 Å². The van der Waals surface area contributed by atoms with E-state index in [-0.39, 0.29) is 6.54 Å². The van der Waals surface area contributed by atoms with Gasteiger partial charge in [0.15, 0.2) is 0 Å². The van der Waals surface area contributed by atoms with Crippen LogP contribution in [0.2, 0.25) is 0 Å². The maximum atomic E-state index is 11.2. The van der Waals surface area contributed by atoms with Crippen LogP contribution < -0.4 is 9.80 Å². The Kier molecular flexibility index (Phi) is 7.31. The molecule has 0 radical (unpaired) electrons. The summed E-state index contributed by atoms with van der Waals surface area (Å²) >= 11 is 0. The van der Waals surface area contributed by atoms with Crippen molar-refractivity contribution in [2.75, 3.05) is 49.7 Å². The molecule has 1 aromatic heterocycles. The molecular formula is C23H33N3O3. The average Bonchev–Trinajstić information content (AvgIpc) is 2.71. The molecule has 2 heterocycles. The van der Waals surface area contributed by atoms with Crippen LogP contribution in [0.5, 0.6) is 0 Å². The Bertz CT molecular complexity index is 847. The van der Waals surface area contributed by atoms with Crippen LogP contribution in [-0.2, 0) is 16.0 Å². The fourth-order valence-electron chi connectivity index (χ4n) is 4.13. The number of hydrogen-bond acceptors (Lipinski definition) is 5. The van der Waals surface area contributed by atoms with Gasteiger partial charge in [-0.2, -0.15) is 0 Å². The standard InChI is InChI=1S/C23H33N3O3/c1-4-5-6-7-8-18-9-10-20-19(15-18)22(26-11-13-29-14-12-26)17(2)23(24-20)25(3)16-21(27)28/h9-10,15H,4-8,11-14,16H2,1-3H3,(H,27,28). The van der Waals surface area contributed by atoms with Crippen molar-refractivity contribution in [1.82, 2.24) is 4.98 Å². The molecule has 29 heavy (non-hydrogen) atoms. The largest absolute Gasteiger partial charge is 0.480 e. The van der Waals surface area contributed by atoms with Crippen molar-refractivity contribution < 1.29 is 14.6 Å². The lowest BCUT2D eigenvalue weighted by atomic mass is 10.0. The van der Waals surface area contributed by atoms with Crippen LogP contribution in [0.25, 0.3) is 10.9 Å². The van der Waals surface area contributed by atoms with E-state index in [0.717, 1.165) is 41.8 Å². The number of fused-ring (bicyclic) bond motifs is 1. The van der Waals surface area contributed by atoms with Crippen molar-refractivity contribution in [3.63, 3.8) is 0 Å². The zero-order chi connectivity index (χ0) is 20.8. The first-order chi connectivity index (χ1) is 14.0. The number of aryl methyl sites for hydroxylation is 1. The number of carboxylic acids is 1. The number of nitrogens with zero attached hydrogens (tertiary/aromatic N) is 3. The number of likely N-dealkylation sites (N-methyl/N-ethyl adjacent to an activating group) is 1. The van der Waals surface area contributed by atoms with Crippen molar-refractivity contribution >= 4 is 28.4 Å². The molecule has 0 unspecified atom stereocenters. The third kappa shape index (κ3) is 5.18. The Hall–Kier alpha value is -2.34. The summed E-state index contributed by atoms with van der Waals surface area (Å²) in [5.41, 5.74) is 4.46. The van der Waals surface area contributed by atoms with Crippen molar-refractivity contribution in [2.24, 2.45) is 0 Å². The Balaban J connectivity index is 2.02. The molecule has 2 aromatic rings. The highest BCUT2D eigenvalue weighted by Crippen LogP contribution is 2.36. The van der Waals surface area contributed by atoms with E-state index >= 15 is 0 Å². The molecule has 6 heteroatoms. The lowest BCUT2D eigenvalue weighted by Gasteiger charge is -2.33. The van der Waals surface area contributed by atoms with Gasteiger partial charge < -0.3 is 19.6 Å². The summed E-state index contributed by atoms with van der Waals surface area (Å²) in [7, 11) is 1.79. The number of hydrogen-bond donors (Lipinski definition) is 1. The fourth-order valence-corrected chi connectivity index (χ4v) is 4.13. The second-order valence-corrected chi connectivity index (χ2v) is 7.92. The van der Waals surface area contributed by atoms with E-state index in [1.54, 1.807) is 11.9 Å². The molecule has 3 rings (SSSR count). The third-order valence-corrected chi connectivity index (χ3v) is 5.61. The van der Waals surface area contributed by atoms with Crippen LogP contribution in [0.4, 0.5) is 11.5 Å². The molecule has 0 atom stereocenters. The average molecular weight is 400 g/mol. The molecule has 0 spiro atoms. The minimum atomic E-state index is -0.857. The van der Waals surface area contributed by atoms with Gasteiger partial charge in [-0.25, -0.2) is 4.98 Å². The highest BCUT2D eigenvalue weighted by atomic mass is 16.5. The molecule has 0 bridgehead atoms. The minimum absolute atomic E-state index is 0.0720. The molecule has 1 fully saturated rings. The maximum absolute atomic E-state index is 11.2. The second kappa shape index (κ2) is 9.92. The quantitative estimate of drug-likeness (QED) is 0.643. The SMILES string of the molecule is CCCCCCc1ccc2nc(N(C)CC(=O)O)c(C)c(N3CCOCC3)c2c1. The normalized spacial score (nSPS) is 14.4. The Morgan fingerprint density at radius 2 is 2.00 bits per heavy atom. The zero-order valence-corrected chi connectivity index (χ0v) is 17.9. The molecule has 0 amide bonds. The summed E-state index contributed by atoms with van der Waals surface area (Å²) in [6.45, 7) is 7.31. The summed E-state index contributed by atoms with van der Waals surface area (Å²) < 4.78 is 5.56. The number of unbranched alkanes of at least 4 members (excludes halogenated alkanes) is 3. The van der Waals surface area contributed by atoms with Crippen LogP contribution >= 0.6 is 0 Å². The Morgan fingerprint density at radius 3 is 2.69 bits per heavy atom. The van der Waals surface area contributed by atoms with Crippen molar-refractivity contribution in [1.29, 1.82) is 0 Å². The summed E-state index contributed by atoms with van der Waals surface area (Å²) in [6, 6.07) is 6.54. The molecule has 0 saturated carbocycles. The van der Waals surface area contributed by atoms with E-state index in [0.29, 0.717) is 13.2 Å².